The van der Waals surface area contributed by atoms with Gasteiger partial charge in [0.05, 0.1) is 23.8 Å². The van der Waals surface area contributed by atoms with Crippen LogP contribution in [-0.2, 0) is 0 Å². The molecule has 1 aromatic heterocycles. The molecule has 4 atom stereocenters. The van der Waals surface area contributed by atoms with Crippen LogP contribution in [0.25, 0.3) is 5.69 Å². The van der Waals surface area contributed by atoms with E-state index in [0.717, 1.165) is 0 Å². The average Bonchev–Trinajstić information content (AvgIpc) is 2.81. The van der Waals surface area contributed by atoms with E-state index in [1.54, 1.807) is 24.3 Å². The third kappa shape index (κ3) is 1.21. The first-order chi connectivity index (χ1) is 11.2. The van der Waals surface area contributed by atoms with E-state index >= 15 is 0 Å². The lowest BCUT2D eigenvalue weighted by Gasteiger charge is -2.52. The fourth-order valence-corrected chi connectivity index (χ4v) is 4.09. The predicted octanol–water partition coefficient (Wildman–Crippen LogP) is 1.16. The van der Waals surface area contributed by atoms with Crippen LogP contribution in [0, 0.1) is 22.7 Å². The number of aromatic nitrogens is 3. The highest BCUT2D eigenvalue weighted by Crippen LogP contribution is 2.58. The largest absolute Gasteiger partial charge is 0.352 e. The summed E-state index contributed by atoms with van der Waals surface area (Å²) in [7, 11) is 0. The molecule has 0 N–H and O–H groups in total. The molecule has 0 saturated heterocycles. The highest BCUT2D eigenvalue weighted by Gasteiger charge is 2.59. The lowest BCUT2D eigenvalue weighted by atomic mass is 9.57. The Hall–Kier alpha value is -3.07. The van der Waals surface area contributed by atoms with E-state index in [1.807, 2.05) is 30.4 Å². The van der Waals surface area contributed by atoms with Crippen molar-refractivity contribution in [1.82, 2.24) is 13.9 Å². The molecule has 6 rings (SSSR count). The number of para-hydroxylation sites is 1. The quantitative estimate of drug-likeness (QED) is 0.742. The normalized spacial score (nSPS) is 32.0. The maximum absolute atomic E-state index is 12.9. The smallest absolute Gasteiger partial charge is 0.245 e. The fraction of sp³-hybridized carbons (Fsp3) is 0.235. The van der Waals surface area contributed by atoms with Crippen LogP contribution in [0.3, 0.4) is 0 Å². The van der Waals surface area contributed by atoms with E-state index in [-0.39, 0.29) is 17.6 Å². The van der Waals surface area contributed by atoms with Gasteiger partial charge in [0.25, 0.3) is 0 Å². The summed E-state index contributed by atoms with van der Waals surface area (Å²) in [5.41, 5.74) is -0.914. The molecule has 0 amide bonds. The number of benzene rings is 1. The van der Waals surface area contributed by atoms with Gasteiger partial charge >= 0.3 is 11.4 Å². The summed E-state index contributed by atoms with van der Waals surface area (Å²) in [4.78, 5) is 25.8. The minimum atomic E-state index is -0.710. The second-order valence-electron chi connectivity index (χ2n) is 6.18. The number of hydrogen-bond acceptors (Lipinski definition) is 3. The number of hydrogen-bond donors (Lipinski definition) is 0. The summed E-state index contributed by atoms with van der Waals surface area (Å²) in [6.07, 6.45) is 7.64. The Morgan fingerprint density at radius 2 is 1.74 bits per heavy atom. The van der Waals surface area contributed by atoms with Crippen molar-refractivity contribution in [2.45, 2.75) is 12.1 Å². The van der Waals surface area contributed by atoms with Crippen LogP contribution >= 0.6 is 0 Å². The number of rotatable bonds is 1. The molecule has 6 heteroatoms. The fourth-order valence-electron chi connectivity index (χ4n) is 4.09. The van der Waals surface area contributed by atoms with Crippen molar-refractivity contribution in [3.63, 3.8) is 0 Å². The minimum absolute atomic E-state index is 0.0498. The second-order valence-corrected chi connectivity index (χ2v) is 6.18. The van der Waals surface area contributed by atoms with Crippen LogP contribution in [0.4, 0.5) is 0 Å². The Bertz CT molecular complexity index is 1050. The molecule has 2 aromatic rings. The average molecular weight is 304 g/mol. The van der Waals surface area contributed by atoms with Gasteiger partial charge in [-0.15, -0.1) is 0 Å². The van der Waals surface area contributed by atoms with E-state index < -0.39 is 17.1 Å². The molecular weight excluding hydrogens is 292 g/mol. The van der Waals surface area contributed by atoms with Gasteiger partial charge in [-0.25, -0.2) is 23.5 Å². The summed E-state index contributed by atoms with van der Waals surface area (Å²) in [6.45, 7) is 0. The van der Waals surface area contributed by atoms with E-state index in [9.17, 15) is 14.9 Å². The van der Waals surface area contributed by atoms with Crippen LogP contribution in [0.5, 0.6) is 0 Å². The maximum atomic E-state index is 12.9. The van der Waals surface area contributed by atoms with Gasteiger partial charge in [-0.3, -0.25) is 0 Å². The molecular formula is C17H12N4O2. The molecule has 0 radical (unpaired) electrons. The SMILES string of the molecule is N#C[C@]12C=C[C@@H]1[C@@H]1C=C[C@H]2n2c(=O)n(-c3ccccc3)c(=O)n21. The van der Waals surface area contributed by atoms with Crippen LogP contribution in [-0.4, -0.2) is 13.9 Å². The number of nitriles is 1. The first-order valence-electron chi connectivity index (χ1n) is 7.49. The first-order valence-corrected chi connectivity index (χ1v) is 7.49. The Balaban J connectivity index is 1.84. The van der Waals surface area contributed by atoms with Gasteiger partial charge < -0.3 is 0 Å². The zero-order chi connectivity index (χ0) is 15.8. The van der Waals surface area contributed by atoms with E-state index in [1.165, 1.54) is 13.9 Å². The van der Waals surface area contributed by atoms with Crippen molar-refractivity contribution in [3.8, 4) is 11.8 Å². The standard InChI is InChI=1S/C17H12N4O2/c18-10-17-9-8-12(17)13-6-7-14(17)21-16(23)19(15(22)20(13)21)11-4-2-1-3-5-11/h1-9,12-14H/t12-,13+,14-,17-/m1/s1. The zero-order valence-electron chi connectivity index (χ0n) is 12.0. The van der Waals surface area contributed by atoms with Crippen molar-refractivity contribution in [2.75, 3.05) is 0 Å². The predicted molar refractivity (Wildman–Crippen MR) is 82.2 cm³/mol. The van der Waals surface area contributed by atoms with Crippen molar-refractivity contribution in [2.24, 2.45) is 11.3 Å². The summed E-state index contributed by atoms with van der Waals surface area (Å²) in [6, 6.07) is 10.5. The molecule has 3 heterocycles. The Morgan fingerprint density at radius 3 is 2.39 bits per heavy atom. The number of nitrogens with zero attached hydrogens (tertiary/aromatic N) is 4. The monoisotopic (exact) mass is 304 g/mol. The molecule has 2 bridgehead atoms. The van der Waals surface area contributed by atoms with Gasteiger partial charge in [-0.2, -0.15) is 5.26 Å². The van der Waals surface area contributed by atoms with Gasteiger partial charge in [-0.1, -0.05) is 42.5 Å². The summed E-state index contributed by atoms with van der Waals surface area (Å²) >= 11 is 0. The van der Waals surface area contributed by atoms with Gasteiger partial charge in [0.2, 0.25) is 0 Å². The topological polar surface area (TPSA) is 72.7 Å². The molecule has 0 spiro atoms. The van der Waals surface area contributed by atoms with Crippen molar-refractivity contribution < 1.29 is 0 Å². The van der Waals surface area contributed by atoms with Crippen LogP contribution in [0.2, 0.25) is 0 Å². The molecule has 4 aliphatic rings. The first kappa shape index (κ1) is 12.5. The van der Waals surface area contributed by atoms with E-state index in [0.29, 0.717) is 5.69 Å². The minimum Gasteiger partial charge on any atom is -0.245 e. The Kier molecular flexibility index (Phi) is 2.07. The Labute approximate surface area is 130 Å². The van der Waals surface area contributed by atoms with Gasteiger partial charge in [0.1, 0.15) is 5.41 Å². The summed E-state index contributed by atoms with van der Waals surface area (Å²) in [5, 5.41) is 9.66. The van der Waals surface area contributed by atoms with Crippen LogP contribution < -0.4 is 11.4 Å². The molecule has 1 aromatic carbocycles. The van der Waals surface area contributed by atoms with Crippen molar-refractivity contribution in [3.05, 3.63) is 75.6 Å². The highest BCUT2D eigenvalue weighted by atomic mass is 16.2. The molecule has 6 nitrogen and oxygen atoms in total. The van der Waals surface area contributed by atoms with Crippen LogP contribution in [0.1, 0.15) is 12.1 Å². The van der Waals surface area contributed by atoms with Crippen LogP contribution in [0.15, 0.2) is 64.2 Å². The number of allylic oxidation sites excluding steroid dienone is 4. The van der Waals surface area contributed by atoms with E-state index in [4.69, 9.17) is 0 Å². The maximum Gasteiger partial charge on any atom is 0.352 e. The van der Waals surface area contributed by atoms with Gasteiger partial charge in [-0.05, 0) is 12.1 Å². The molecule has 2 aliphatic carbocycles. The third-order valence-electron chi connectivity index (χ3n) is 5.24. The zero-order valence-corrected chi connectivity index (χ0v) is 12.0. The summed E-state index contributed by atoms with van der Waals surface area (Å²) < 4.78 is 4.13. The molecule has 0 unspecified atom stereocenters. The molecule has 112 valence electrons. The van der Waals surface area contributed by atoms with Gasteiger partial charge in [0, 0.05) is 5.92 Å². The molecule has 2 aliphatic heterocycles. The highest BCUT2D eigenvalue weighted by molar-refractivity contribution is 5.41. The second kappa shape index (κ2) is 3.82. The van der Waals surface area contributed by atoms with Crippen molar-refractivity contribution >= 4 is 0 Å². The van der Waals surface area contributed by atoms with E-state index in [2.05, 4.69) is 6.07 Å². The summed E-state index contributed by atoms with van der Waals surface area (Å²) in [5.74, 6) is -0.0498. The lowest BCUT2D eigenvalue weighted by molar-refractivity contribution is 0.0852. The molecule has 0 fully saturated rings. The molecule has 0 saturated carbocycles. The third-order valence-corrected chi connectivity index (χ3v) is 5.24. The van der Waals surface area contributed by atoms with Gasteiger partial charge in [0.15, 0.2) is 0 Å². The van der Waals surface area contributed by atoms with Crippen molar-refractivity contribution in [1.29, 1.82) is 5.26 Å². The Morgan fingerprint density at radius 1 is 1.00 bits per heavy atom. The lowest BCUT2D eigenvalue weighted by Crippen LogP contribution is -2.56. The molecule has 23 heavy (non-hydrogen) atoms.